The third kappa shape index (κ3) is 2.70. The zero-order valence-corrected chi connectivity index (χ0v) is 11.5. The Kier molecular flexibility index (Phi) is 4.21. The molecule has 0 radical (unpaired) electrons. The van der Waals surface area contributed by atoms with E-state index in [0.29, 0.717) is 0 Å². The highest BCUT2D eigenvalue weighted by Crippen LogP contribution is 2.29. The summed E-state index contributed by atoms with van der Waals surface area (Å²) >= 11 is 3.55. The lowest BCUT2D eigenvalue weighted by atomic mass is 10.1. The number of alkyl halides is 1. The number of para-hydroxylation sites is 2. The van der Waals surface area contributed by atoms with Crippen molar-refractivity contribution in [1.82, 2.24) is 0 Å². The molecule has 2 aromatic rings. The predicted molar refractivity (Wildman–Crippen MR) is 78.2 cm³/mol. The van der Waals surface area contributed by atoms with E-state index >= 15 is 0 Å². The van der Waals surface area contributed by atoms with Gasteiger partial charge >= 0.3 is 0 Å². The third-order valence-electron chi connectivity index (χ3n) is 2.81. The molecule has 88 valence electrons. The second-order valence-electron chi connectivity index (χ2n) is 3.84. The smallest absolute Gasteiger partial charge is 0.0451 e. The van der Waals surface area contributed by atoms with Crippen molar-refractivity contribution in [3.63, 3.8) is 0 Å². The fourth-order valence-corrected chi connectivity index (χ4v) is 2.46. The SMILES string of the molecule is CCN(c1ccccc1)c1ccccc1CBr. The summed E-state index contributed by atoms with van der Waals surface area (Å²) < 4.78 is 0. The third-order valence-corrected chi connectivity index (χ3v) is 3.41. The first-order chi connectivity index (χ1) is 8.36. The van der Waals surface area contributed by atoms with Gasteiger partial charge in [0.2, 0.25) is 0 Å². The van der Waals surface area contributed by atoms with E-state index in [1.807, 2.05) is 6.07 Å². The molecule has 0 atom stereocenters. The summed E-state index contributed by atoms with van der Waals surface area (Å²) in [7, 11) is 0. The zero-order chi connectivity index (χ0) is 12.1. The van der Waals surface area contributed by atoms with Gasteiger partial charge in [0.1, 0.15) is 0 Å². The number of halogens is 1. The van der Waals surface area contributed by atoms with Gasteiger partial charge in [0.15, 0.2) is 0 Å². The Morgan fingerprint density at radius 1 is 0.941 bits per heavy atom. The number of nitrogens with zero attached hydrogens (tertiary/aromatic N) is 1. The summed E-state index contributed by atoms with van der Waals surface area (Å²) in [5.74, 6) is 0. The van der Waals surface area contributed by atoms with E-state index in [1.165, 1.54) is 16.9 Å². The standard InChI is InChI=1S/C15H16BrN/c1-2-17(14-9-4-3-5-10-14)15-11-7-6-8-13(15)12-16/h3-11H,2,12H2,1H3. The Morgan fingerprint density at radius 3 is 2.24 bits per heavy atom. The van der Waals surface area contributed by atoms with E-state index in [4.69, 9.17) is 0 Å². The molecule has 0 aliphatic heterocycles. The molecule has 2 aromatic carbocycles. The monoisotopic (exact) mass is 289 g/mol. The van der Waals surface area contributed by atoms with E-state index in [1.54, 1.807) is 0 Å². The van der Waals surface area contributed by atoms with Crippen LogP contribution in [-0.2, 0) is 5.33 Å². The van der Waals surface area contributed by atoms with Gasteiger partial charge in [0.25, 0.3) is 0 Å². The molecule has 0 spiro atoms. The molecule has 0 N–H and O–H groups in total. The fraction of sp³-hybridized carbons (Fsp3) is 0.200. The summed E-state index contributed by atoms with van der Waals surface area (Å²) in [4.78, 5) is 2.33. The Labute approximate surface area is 111 Å². The van der Waals surface area contributed by atoms with Gasteiger partial charge in [-0.3, -0.25) is 0 Å². The van der Waals surface area contributed by atoms with Crippen LogP contribution < -0.4 is 4.90 Å². The van der Waals surface area contributed by atoms with Crippen LogP contribution in [-0.4, -0.2) is 6.54 Å². The predicted octanol–water partition coefficient (Wildman–Crippen LogP) is 4.74. The summed E-state index contributed by atoms with van der Waals surface area (Å²) in [6.07, 6.45) is 0. The highest BCUT2D eigenvalue weighted by molar-refractivity contribution is 9.08. The maximum absolute atomic E-state index is 3.55. The maximum atomic E-state index is 3.55. The first kappa shape index (κ1) is 12.2. The molecule has 0 aliphatic carbocycles. The molecule has 0 aromatic heterocycles. The molecule has 0 heterocycles. The molecule has 1 nitrogen and oxygen atoms in total. The van der Waals surface area contributed by atoms with Crippen LogP contribution in [0.3, 0.4) is 0 Å². The van der Waals surface area contributed by atoms with Crippen LogP contribution in [0.5, 0.6) is 0 Å². The Morgan fingerprint density at radius 2 is 1.59 bits per heavy atom. The van der Waals surface area contributed by atoms with Crippen LogP contribution in [0.4, 0.5) is 11.4 Å². The van der Waals surface area contributed by atoms with Crippen LogP contribution in [0.15, 0.2) is 54.6 Å². The lowest BCUT2D eigenvalue weighted by molar-refractivity contribution is 1.01. The minimum atomic E-state index is 0.881. The molecule has 0 unspecified atom stereocenters. The van der Waals surface area contributed by atoms with E-state index in [-0.39, 0.29) is 0 Å². The lowest BCUT2D eigenvalue weighted by Crippen LogP contribution is -2.17. The minimum absolute atomic E-state index is 0.881. The molecule has 2 rings (SSSR count). The van der Waals surface area contributed by atoms with Gasteiger partial charge in [0.05, 0.1) is 0 Å². The van der Waals surface area contributed by atoms with Crippen molar-refractivity contribution < 1.29 is 0 Å². The molecule has 0 saturated carbocycles. The first-order valence-corrected chi connectivity index (χ1v) is 6.95. The molecular formula is C15H16BrN. The number of rotatable bonds is 4. The van der Waals surface area contributed by atoms with Gasteiger partial charge in [-0.2, -0.15) is 0 Å². The minimum Gasteiger partial charge on any atom is -0.342 e. The van der Waals surface area contributed by atoms with Crippen LogP contribution in [0.2, 0.25) is 0 Å². The zero-order valence-electron chi connectivity index (χ0n) is 9.94. The summed E-state index contributed by atoms with van der Waals surface area (Å²) in [5, 5.41) is 0.881. The summed E-state index contributed by atoms with van der Waals surface area (Å²) in [5.41, 5.74) is 3.83. The van der Waals surface area contributed by atoms with E-state index in [0.717, 1.165) is 11.9 Å². The van der Waals surface area contributed by atoms with Crippen molar-refractivity contribution in [1.29, 1.82) is 0 Å². The highest BCUT2D eigenvalue weighted by atomic mass is 79.9. The van der Waals surface area contributed by atoms with Crippen LogP contribution in [0.25, 0.3) is 0 Å². The lowest BCUT2D eigenvalue weighted by Gasteiger charge is -2.25. The van der Waals surface area contributed by atoms with Crippen molar-refractivity contribution in [2.24, 2.45) is 0 Å². The molecule has 17 heavy (non-hydrogen) atoms. The van der Waals surface area contributed by atoms with Gasteiger partial charge in [-0.25, -0.2) is 0 Å². The first-order valence-electron chi connectivity index (χ1n) is 5.83. The molecule has 0 amide bonds. The van der Waals surface area contributed by atoms with Crippen molar-refractivity contribution in [2.75, 3.05) is 11.4 Å². The average molecular weight is 290 g/mol. The summed E-state index contributed by atoms with van der Waals surface area (Å²) in [6.45, 7) is 3.14. The van der Waals surface area contributed by atoms with Crippen molar-refractivity contribution >= 4 is 27.3 Å². The Balaban J connectivity index is 2.42. The average Bonchev–Trinajstić information content (AvgIpc) is 2.41. The quantitative estimate of drug-likeness (QED) is 0.735. The number of hydrogen-bond donors (Lipinski definition) is 0. The van der Waals surface area contributed by atoms with E-state index in [2.05, 4.69) is 76.3 Å². The van der Waals surface area contributed by atoms with Gasteiger partial charge in [-0.15, -0.1) is 0 Å². The van der Waals surface area contributed by atoms with Gasteiger partial charge in [-0.1, -0.05) is 52.3 Å². The van der Waals surface area contributed by atoms with E-state index < -0.39 is 0 Å². The second kappa shape index (κ2) is 5.87. The fourth-order valence-electron chi connectivity index (χ4n) is 1.99. The highest BCUT2D eigenvalue weighted by Gasteiger charge is 2.09. The molecule has 0 aliphatic rings. The van der Waals surface area contributed by atoms with Crippen LogP contribution in [0, 0.1) is 0 Å². The molecule has 2 heteroatoms. The van der Waals surface area contributed by atoms with Crippen molar-refractivity contribution in [2.45, 2.75) is 12.3 Å². The van der Waals surface area contributed by atoms with Crippen LogP contribution >= 0.6 is 15.9 Å². The van der Waals surface area contributed by atoms with Gasteiger partial charge in [0, 0.05) is 23.2 Å². The molecular weight excluding hydrogens is 274 g/mol. The summed E-state index contributed by atoms with van der Waals surface area (Å²) in [6, 6.07) is 19.0. The normalized spacial score (nSPS) is 10.2. The molecule has 0 fully saturated rings. The second-order valence-corrected chi connectivity index (χ2v) is 4.40. The largest absolute Gasteiger partial charge is 0.342 e. The van der Waals surface area contributed by atoms with Gasteiger partial charge < -0.3 is 4.90 Å². The Hall–Kier alpha value is -1.28. The van der Waals surface area contributed by atoms with Crippen LogP contribution in [0.1, 0.15) is 12.5 Å². The topological polar surface area (TPSA) is 3.24 Å². The number of anilines is 2. The van der Waals surface area contributed by atoms with Crippen molar-refractivity contribution in [3.05, 3.63) is 60.2 Å². The molecule has 0 bridgehead atoms. The van der Waals surface area contributed by atoms with Crippen molar-refractivity contribution in [3.8, 4) is 0 Å². The van der Waals surface area contributed by atoms with E-state index in [9.17, 15) is 0 Å². The number of hydrogen-bond acceptors (Lipinski definition) is 1. The van der Waals surface area contributed by atoms with Gasteiger partial charge in [-0.05, 0) is 30.7 Å². The Bertz CT molecular complexity index is 467. The number of benzene rings is 2. The molecule has 0 saturated heterocycles. The maximum Gasteiger partial charge on any atom is 0.0451 e.